The van der Waals surface area contributed by atoms with E-state index in [1.807, 2.05) is 24.3 Å². The summed E-state index contributed by atoms with van der Waals surface area (Å²) in [5.41, 5.74) is 0. The summed E-state index contributed by atoms with van der Waals surface area (Å²) in [7, 11) is 0. The van der Waals surface area contributed by atoms with E-state index in [4.69, 9.17) is 5.11 Å². The number of hydrogen-bond donors (Lipinski definition) is 1. The molecule has 1 rings (SSSR count). The van der Waals surface area contributed by atoms with Crippen molar-refractivity contribution in [2.45, 2.75) is 6.42 Å². The van der Waals surface area contributed by atoms with Gasteiger partial charge in [-0.15, -0.1) is 0 Å². The van der Waals surface area contributed by atoms with Crippen LogP contribution in [-0.2, 0) is 0 Å². The molecule has 0 radical (unpaired) electrons. The number of aliphatic hydroxyl groups excluding tert-OH is 1. The molecule has 0 aromatic rings. The summed E-state index contributed by atoms with van der Waals surface area (Å²) < 4.78 is 0. The summed E-state index contributed by atoms with van der Waals surface area (Å²) in [6.45, 7) is 0.263. The van der Waals surface area contributed by atoms with E-state index in [9.17, 15) is 0 Å². The molecule has 1 aliphatic carbocycles. The SMILES string of the molecule is OCCC1C=CC=CC=C1. The Morgan fingerprint density at radius 2 is 1.60 bits per heavy atom. The molecule has 1 heteroatoms. The summed E-state index contributed by atoms with van der Waals surface area (Å²) in [4.78, 5) is 0. The predicted octanol–water partition coefficient (Wildman–Crippen LogP) is 1.67. The minimum absolute atomic E-state index is 0.263. The van der Waals surface area contributed by atoms with Gasteiger partial charge in [0.25, 0.3) is 0 Å². The molecule has 1 aliphatic rings. The molecular weight excluding hydrogens is 124 g/mol. The second-order valence-electron chi connectivity index (χ2n) is 2.33. The minimum Gasteiger partial charge on any atom is -0.396 e. The van der Waals surface area contributed by atoms with Crippen LogP contribution in [-0.4, -0.2) is 11.7 Å². The summed E-state index contributed by atoms with van der Waals surface area (Å²) >= 11 is 0. The highest BCUT2D eigenvalue weighted by atomic mass is 16.2. The molecule has 0 fully saturated rings. The summed E-state index contributed by atoms with van der Waals surface area (Å²) in [6, 6.07) is 0. The van der Waals surface area contributed by atoms with Crippen LogP contribution >= 0.6 is 0 Å². The predicted molar refractivity (Wildman–Crippen MR) is 42.6 cm³/mol. The molecule has 10 heavy (non-hydrogen) atoms. The molecule has 0 aromatic carbocycles. The Kier molecular flexibility index (Phi) is 2.97. The molecule has 1 nitrogen and oxygen atoms in total. The maximum absolute atomic E-state index is 8.62. The fourth-order valence-corrected chi connectivity index (χ4v) is 0.948. The van der Waals surface area contributed by atoms with Crippen molar-refractivity contribution >= 4 is 0 Å². The molecule has 0 atom stereocenters. The van der Waals surface area contributed by atoms with Gasteiger partial charge in [0.05, 0.1) is 0 Å². The molecule has 0 amide bonds. The van der Waals surface area contributed by atoms with Crippen LogP contribution in [0, 0.1) is 5.92 Å². The van der Waals surface area contributed by atoms with Gasteiger partial charge in [0.1, 0.15) is 0 Å². The first-order chi connectivity index (χ1) is 4.93. The van der Waals surface area contributed by atoms with E-state index in [0.29, 0.717) is 5.92 Å². The second kappa shape index (κ2) is 4.07. The molecule has 54 valence electrons. The Bertz CT molecular complexity index is 150. The van der Waals surface area contributed by atoms with Crippen molar-refractivity contribution in [1.29, 1.82) is 0 Å². The van der Waals surface area contributed by atoms with Gasteiger partial charge in [0.2, 0.25) is 0 Å². The quantitative estimate of drug-likeness (QED) is 0.612. The third kappa shape index (κ3) is 2.19. The van der Waals surface area contributed by atoms with Crippen LogP contribution in [0.25, 0.3) is 0 Å². The molecule has 0 saturated heterocycles. The van der Waals surface area contributed by atoms with Crippen molar-refractivity contribution in [1.82, 2.24) is 0 Å². The van der Waals surface area contributed by atoms with Gasteiger partial charge in [-0.2, -0.15) is 0 Å². The number of aliphatic hydroxyl groups is 1. The van der Waals surface area contributed by atoms with E-state index in [1.54, 1.807) is 0 Å². The molecule has 0 saturated carbocycles. The van der Waals surface area contributed by atoms with Gasteiger partial charge in [0, 0.05) is 6.61 Å². The first-order valence-electron chi connectivity index (χ1n) is 3.56. The van der Waals surface area contributed by atoms with Crippen LogP contribution in [0.3, 0.4) is 0 Å². The van der Waals surface area contributed by atoms with Crippen molar-refractivity contribution in [2.75, 3.05) is 6.61 Å². The highest BCUT2D eigenvalue weighted by Crippen LogP contribution is 2.08. The average molecular weight is 136 g/mol. The lowest BCUT2D eigenvalue weighted by Crippen LogP contribution is -1.94. The molecule has 1 N–H and O–H groups in total. The van der Waals surface area contributed by atoms with Gasteiger partial charge in [-0.1, -0.05) is 36.5 Å². The fourth-order valence-electron chi connectivity index (χ4n) is 0.948. The van der Waals surface area contributed by atoms with Crippen LogP contribution in [0.5, 0.6) is 0 Å². The Hall–Kier alpha value is -0.820. The zero-order valence-electron chi connectivity index (χ0n) is 5.90. The lowest BCUT2D eigenvalue weighted by atomic mass is 10.1. The summed E-state index contributed by atoms with van der Waals surface area (Å²) in [5, 5.41) is 8.62. The molecular formula is C9H12O. The van der Waals surface area contributed by atoms with Crippen LogP contribution < -0.4 is 0 Å². The standard InChI is InChI=1S/C9H12O/c10-8-7-9-5-3-1-2-4-6-9/h1-6,9-10H,7-8H2. The van der Waals surface area contributed by atoms with Crippen LogP contribution in [0.4, 0.5) is 0 Å². The van der Waals surface area contributed by atoms with E-state index in [2.05, 4.69) is 12.2 Å². The topological polar surface area (TPSA) is 20.2 Å². The Balaban J connectivity index is 2.46. The van der Waals surface area contributed by atoms with E-state index in [0.717, 1.165) is 6.42 Å². The first-order valence-corrected chi connectivity index (χ1v) is 3.56. The Labute approximate surface area is 61.4 Å². The van der Waals surface area contributed by atoms with Gasteiger partial charge >= 0.3 is 0 Å². The first kappa shape index (κ1) is 7.29. The van der Waals surface area contributed by atoms with Gasteiger partial charge in [0.15, 0.2) is 0 Å². The largest absolute Gasteiger partial charge is 0.396 e. The fraction of sp³-hybridized carbons (Fsp3) is 0.333. The van der Waals surface area contributed by atoms with E-state index >= 15 is 0 Å². The maximum Gasteiger partial charge on any atom is 0.0439 e. The Morgan fingerprint density at radius 1 is 1.00 bits per heavy atom. The lowest BCUT2D eigenvalue weighted by Gasteiger charge is -2.01. The summed E-state index contributed by atoms with van der Waals surface area (Å²) in [6.07, 6.45) is 13.0. The van der Waals surface area contributed by atoms with Gasteiger partial charge in [-0.3, -0.25) is 0 Å². The molecule has 0 bridgehead atoms. The third-order valence-electron chi connectivity index (χ3n) is 1.51. The monoisotopic (exact) mass is 136 g/mol. The zero-order chi connectivity index (χ0) is 7.23. The lowest BCUT2D eigenvalue weighted by molar-refractivity contribution is 0.279. The number of allylic oxidation sites excluding steroid dienone is 6. The Morgan fingerprint density at radius 3 is 2.10 bits per heavy atom. The van der Waals surface area contributed by atoms with E-state index < -0.39 is 0 Å². The van der Waals surface area contributed by atoms with Crippen molar-refractivity contribution in [3.05, 3.63) is 36.5 Å². The van der Waals surface area contributed by atoms with Crippen molar-refractivity contribution in [3.63, 3.8) is 0 Å². The number of hydrogen-bond acceptors (Lipinski definition) is 1. The average Bonchev–Trinajstić information content (AvgIpc) is 2.17. The molecule has 0 aromatic heterocycles. The third-order valence-corrected chi connectivity index (χ3v) is 1.51. The number of rotatable bonds is 2. The van der Waals surface area contributed by atoms with Crippen LogP contribution in [0.15, 0.2) is 36.5 Å². The normalized spacial score (nSPS) is 17.7. The molecule has 0 unspecified atom stereocenters. The van der Waals surface area contributed by atoms with Gasteiger partial charge in [-0.05, 0) is 12.3 Å². The van der Waals surface area contributed by atoms with Crippen LogP contribution in [0.1, 0.15) is 6.42 Å². The van der Waals surface area contributed by atoms with Crippen molar-refractivity contribution in [3.8, 4) is 0 Å². The molecule has 0 aliphatic heterocycles. The van der Waals surface area contributed by atoms with Crippen molar-refractivity contribution < 1.29 is 5.11 Å². The maximum atomic E-state index is 8.62. The van der Waals surface area contributed by atoms with E-state index in [-0.39, 0.29) is 6.61 Å². The highest BCUT2D eigenvalue weighted by molar-refractivity contribution is 5.19. The van der Waals surface area contributed by atoms with E-state index in [1.165, 1.54) is 0 Å². The van der Waals surface area contributed by atoms with Crippen LogP contribution in [0.2, 0.25) is 0 Å². The minimum atomic E-state index is 0.263. The molecule has 0 heterocycles. The smallest absolute Gasteiger partial charge is 0.0439 e. The second-order valence-corrected chi connectivity index (χ2v) is 2.33. The zero-order valence-corrected chi connectivity index (χ0v) is 5.90. The highest BCUT2D eigenvalue weighted by Gasteiger charge is 1.97. The van der Waals surface area contributed by atoms with Gasteiger partial charge < -0.3 is 5.11 Å². The van der Waals surface area contributed by atoms with Crippen molar-refractivity contribution in [2.24, 2.45) is 5.92 Å². The van der Waals surface area contributed by atoms with Gasteiger partial charge in [-0.25, -0.2) is 0 Å². The molecule has 0 spiro atoms. The summed E-state index contributed by atoms with van der Waals surface area (Å²) in [5.74, 6) is 0.417.